The zero-order chi connectivity index (χ0) is 23.3. The first-order chi connectivity index (χ1) is 15.5. The van der Waals surface area contributed by atoms with E-state index in [0.717, 1.165) is 18.2 Å². The topological polar surface area (TPSA) is 95.7 Å². The number of rotatable bonds is 10. The molecule has 0 radical (unpaired) electrons. The van der Waals surface area contributed by atoms with E-state index in [1.165, 1.54) is 0 Å². The number of anilines is 1. The molecule has 9 nitrogen and oxygen atoms in total. The third-order valence-corrected chi connectivity index (χ3v) is 5.74. The van der Waals surface area contributed by atoms with Crippen LogP contribution in [0.25, 0.3) is 16.7 Å². The number of nitrogens with zero attached hydrogens (tertiary/aromatic N) is 6. The monoisotopic (exact) mass is 439 g/mol. The summed E-state index contributed by atoms with van der Waals surface area (Å²) in [6.45, 7) is 12.8. The van der Waals surface area contributed by atoms with Crippen molar-refractivity contribution in [3.8, 4) is 0 Å². The van der Waals surface area contributed by atoms with E-state index in [0.29, 0.717) is 55.3 Å². The second-order valence-electron chi connectivity index (χ2n) is 7.54. The molecule has 0 aliphatic carbocycles. The van der Waals surface area contributed by atoms with Gasteiger partial charge in [0.1, 0.15) is 11.2 Å². The molecule has 0 aliphatic rings. The minimum Gasteiger partial charge on any atom is -0.384 e. The predicted octanol–water partition coefficient (Wildman–Crippen LogP) is 3.45. The van der Waals surface area contributed by atoms with Gasteiger partial charge in [-0.15, -0.1) is 10.2 Å². The van der Waals surface area contributed by atoms with Crippen LogP contribution in [0, 0.1) is 0 Å². The molecule has 0 atom stereocenters. The van der Waals surface area contributed by atoms with E-state index in [2.05, 4.69) is 27.4 Å². The summed E-state index contributed by atoms with van der Waals surface area (Å²) in [4.78, 5) is 34.8. The minimum atomic E-state index is -0.234. The molecule has 3 rings (SSSR count). The summed E-state index contributed by atoms with van der Waals surface area (Å²) in [7, 11) is 0. The molecule has 0 bridgehead atoms. The van der Waals surface area contributed by atoms with Crippen molar-refractivity contribution >= 4 is 34.2 Å². The molecule has 0 saturated heterocycles. The summed E-state index contributed by atoms with van der Waals surface area (Å²) < 4.78 is 1.64. The van der Waals surface area contributed by atoms with Gasteiger partial charge in [-0.1, -0.05) is 13.3 Å². The second kappa shape index (κ2) is 10.4. The van der Waals surface area contributed by atoms with Crippen LogP contribution in [0.3, 0.4) is 0 Å². The molecule has 3 aromatic rings. The number of hydrogen-bond donors (Lipinski definition) is 1. The summed E-state index contributed by atoms with van der Waals surface area (Å²) in [5.74, 6) is -0.206. The van der Waals surface area contributed by atoms with E-state index in [4.69, 9.17) is 0 Å². The standard InChI is InChI=1S/C23H33N7O2/c1-6-11-14-24-18-16-13-12-15-25-19(16)30-20(17(18)22(31)28(7-2)8-3)26-27-21(30)23(32)29(9-4)10-5/h12-13,15,24H,6-11,14H2,1-5H3. The first-order valence-electron chi connectivity index (χ1n) is 11.5. The maximum absolute atomic E-state index is 13.6. The van der Waals surface area contributed by atoms with E-state index >= 15 is 0 Å². The Morgan fingerprint density at radius 3 is 2.22 bits per heavy atom. The van der Waals surface area contributed by atoms with Crippen LogP contribution in [0.2, 0.25) is 0 Å². The zero-order valence-electron chi connectivity index (χ0n) is 19.7. The smallest absolute Gasteiger partial charge is 0.292 e. The van der Waals surface area contributed by atoms with Gasteiger partial charge in [0.15, 0.2) is 5.65 Å². The molecule has 1 N–H and O–H groups in total. The number of unbranched alkanes of at least 4 members (excludes halogenated alkanes) is 1. The van der Waals surface area contributed by atoms with E-state index in [-0.39, 0.29) is 17.6 Å². The van der Waals surface area contributed by atoms with Crippen molar-refractivity contribution in [2.24, 2.45) is 0 Å². The van der Waals surface area contributed by atoms with Gasteiger partial charge in [0, 0.05) is 44.3 Å². The van der Waals surface area contributed by atoms with Crippen LogP contribution in [0.1, 0.15) is 68.4 Å². The van der Waals surface area contributed by atoms with E-state index < -0.39 is 0 Å². The average molecular weight is 440 g/mol. The summed E-state index contributed by atoms with van der Waals surface area (Å²) in [5.41, 5.74) is 2.03. The molecule has 32 heavy (non-hydrogen) atoms. The van der Waals surface area contributed by atoms with Crippen LogP contribution in [-0.4, -0.2) is 73.9 Å². The zero-order valence-corrected chi connectivity index (χ0v) is 19.7. The van der Waals surface area contributed by atoms with Gasteiger partial charge in [-0.05, 0) is 46.2 Å². The van der Waals surface area contributed by atoms with Gasteiger partial charge in [-0.25, -0.2) is 4.98 Å². The highest BCUT2D eigenvalue weighted by molar-refractivity contribution is 6.12. The molecule has 3 heterocycles. The predicted molar refractivity (Wildman–Crippen MR) is 126 cm³/mol. The summed E-state index contributed by atoms with van der Waals surface area (Å²) in [5, 5.41) is 12.8. The highest BCUT2D eigenvalue weighted by Gasteiger charge is 2.29. The van der Waals surface area contributed by atoms with Crippen LogP contribution < -0.4 is 5.32 Å². The van der Waals surface area contributed by atoms with Gasteiger partial charge in [-0.3, -0.25) is 14.0 Å². The van der Waals surface area contributed by atoms with Gasteiger partial charge in [0.2, 0.25) is 5.82 Å². The lowest BCUT2D eigenvalue weighted by Crippen LogP contribution is -2.33. The van der Waals surface area contributed by atoms with Gasteiger partial charge >= 0.3 is 0 Å². The second-order valence-corrected chi connectivity index (χ2v) is 7.54. The van der Waals surface area contributed by atoms with Crippen LogP contribution in [0.5, 0.6) is 0 Å². The number of fused-ring (bicyclic) bond motifs is 3. The van der Waals surface area contributed by atoms with Crippen molar-refractivity contribution in [2.75, 3.05) is 38.0 Å². The van der Waals surface area contributed by atoms with Crippen LogP contribution in [0.4, 0.5) is 5.69 Å². The van der Waals surface area contributed by atoms with Crippen molar-refractivity contribution < 1.29 is 9.59 Å². The number of nitrogens with one attached hydrogen (secondary N) is 1. The van der Waals surface area contributed by atoms with Crippen LogP contribution >= 0.6 is 0 Å². The number of pyridine rings is 2. The van der Waals surface area contributed by atoms with Gasteiger partial charge < -0.3 is 15.1 Å². The molecule has 0 unspecified atom stereocenters. The summed E-state index contributed by atoms with van der Waals surface area (Å²) in [6.07, 6.45) is 3.66. The summed E-state index contributed by atoms with van der Waals surface area (Å²) >= 11 is 0. The quantitative estimate of drug-likeness (QED) is 0.486. The van der Waals surface area contributed by atoms with Crippen molar-refractivity contribution in [1.82, 2.24) is 29.4 Å². The largest absolute Gasteiger partial charge is 0.384 e. The van der Waals surface area contributed by atoms with Gasteiger partial charge in [0.05, 0.1) is 5.69 Å². The number of aromatic nitrogens is 4. The highest BCUT2D eigenvalue weighted by Crippen LogP contribution is 2.32. The molecule has 0 saturated carbocycles. The maximum atomic E-state index is 13.6. The Balaban J connectivity index is 2.37. The Kier molecular flexibility index (Phi) is 7.61. The fraction of sp³-hybridized carbons (Fsp3) is 0.522. The van der Waals surface area contributed by atoms with Crippen molar-refractivity contribution in [1.29, 1.82) is 0 Å². The number of carbonyl (C=O) groups is 2. The van der Waals surface area contributed by atoms with E-state index in [1.54, 1.807) is 20.4 Å². The molecule has 172 valence electrons. The van der Waals surface area contributed by atoms with Crippen molar-refractivity contribution in [3.63, 3.8) is 0 Å². The normalized spacial score (nSPS) is 11.2. The molecule has 0 fully saturated rings. The number of amides is 2. The molecular weight excluding hydrogens is 406 g/mol. The SMILES string of the molecule is CCCCNc1c(C(=O)N(CC)CC)c2nnc(C(=O)N(CC)CC)n2c2ncccc12. The minimum absolute atomic E-state index is 0.140. The Labute approximate surface area is 188 Å². The van der Waals surface area contributed by atoms with Crippen molar-refractivity contribution in [2.45, 2.75) is 47.5 Å². The van der Waals surface area contributed by atoms with Crippen LogP contribution in [-0.2, 0) is 0 Å². The molecule has 0 aliphatic heterocycles. The van der Waals surface area contributed by atoms with Crippen molar-refractivity contribution in [3.05, 3.63) is 29.7 Å². The maximum Gasteiger partial charge on any atom is 0.292 e. The lowest BCUT2D eigenvalue weighted by atomic mass is 10.1. The Hall–Kier alpha value is -3.23. The Morgan fingerprint density at radius 1 is 0.938 bits per heavy atom. The lowest BCUT2D eigenvalue weighted by Gasteiger charge is -2.23. The molecule has 0 spiro atoms. The molecule has 9 heteroatoms. The molecule has 3 aromatic heterocycles. The molecular formula is C23H33N7O2. The number of hydrogen-bond acceptors (Lipinski definition) is 6. The third kappa shape index (κ3) is 4.11. The van der Waals surface area contributed by atoms with Gasteiger partial charge in [-0.2, -0.15) is 0 Å². The van der Waals surface area contributed by atoms with Gasteiger partial charge in [0.25, 0.3) is 11.8 Å². The average Bonchev–Trinajstić information content (AvgIpc) is 3.25. The molecule has 2 amide bonds. The van der Waals surface area contributed by atoms with E-state index in [9.17, 15) is 9.59 Å². The Bertz CT molecular complexity index is 1100. The molecule has 0 aromatic carbocycles. The fourth-order valence-corrected chi connectivity index (χ4v) is 3.90. The van der Waals surface area contributed by atoms with Crippen LogP contribution in [0.15, 0.2) is 18.3 Å². The van der Waals surface area contributed by atoms with E-state index in [1.807, 2.05) is 39.8 Å². The lowest BCUT2D eigenvalue weighted by molar-refractivity contribution is 0.0755. The summed E-state index contributed by atoms with van der Waals surface area (Å²) in [6, 6.07) is 3.75. The Morgan fingerprint density at radius 2 is 1.59 bits per heavy atom. The fourth-order valence-electron chi connectivity index (χ4n) is 3.90. The first kappa shape index (κ1) is 23.4. The number of carbonyl (C=O) groups excluding carboxylic acids is 2. The third-order valence-electron chi connectivity index (χ3n) is 5.74. The highest BCUT2D eigenvalue weighted by atomic mass is 16.2. The first-order valence-corrected chi connectivity index (χ1v) is 11.5.